The molecular formula is C42H79NO4. The van der Waals surface area contributed by atoms with Gasteiger partial charge in [0.1, 0.15) is 0 Å². The van der Waals surface area contributed by atoms with Gasteiger partial charge in [-0.15, -0.1) is 0 Å². The van der Waals surface area contributed by atoms with Crippen LogP contribution in [0.1, 0.15) is 200 Å². The Balaban J connectivity index is 3.71. The van der Waals surface area contributed by atoms with Crippen molar-refractivity contribution in [1.29, 1.82) is 0 Å². The highest BCUT2D eigenvalue weighted by molar-refractivity contribution is 5.76. The zero-order chi connectivity index (χ0) is 34.5. The summed E-state index contributed by atoms with van der Waals surface area (Å²) in [5, 5.41) is 33.0. The molecule has 0 saturated carbocycles. The van der Waals surface area contributed by atoms with Crippen LogP contribution < -0.4 is 5.32 Å². The minimum atomic E-state index is -0.951. The molecule has 0 aliphatic heterocycles. The molecule has 0 aromatic rings. The Morgan fingerprint density at radius 3 is 1.36 bits per heavy atom. The van der Waals surface area contributed by atoms with Crippen molar-refractivity contribution in [2.75, 3.05) is 6.61 Å². The van der Waals surface area contributed by atoms with Crippen LogP contribution in [0.3, 0.4) is 0 Å². The molecule has 5 nitrogen and oxygen atoms in total. The van der Waals surface area contributed by atoms with Crippen LogP contribution in [-0.2, 0) is 4.79 Å². The van der Waals surface area contributed by atoms with Crippen molar-refractivity contribution in [3.63, 3.8) is 0 Å². The SMILES string of the molecule is CCCCCCCC/C=C/CC/C=C/C(O)C(CO)NC(=O)CC(O)CCCCCCC/C=C\CCCCCCCCCCCCC. The number of aliphatic hydroxyl groups excluding tert-OH is 3. The number of nitrogens with one attached hydrogen (secondary N) is 1. The Morgan fingerprint density at radius 1 is 0.532 bits per heavy atom. The van der Waals surface area contributed by atoms with Crippen molar-refractivity contribution in [2.45, 2.75) is 218 Å². The summed E-state index contributed by atoms with van der Waals surface area (Å²) in [5.74, 6) is -0.332. The van der Waals surface area contributed by atoms with E-state index in [9.17, 15) is 20.1 Å². The number of hydrogen-bond acceptors (Lipinski definition) is 4. The quantitative estimate of drug-likeness (QED) is 0.0397. The van der Waals surface area contributed by atoms with Crippen LogP contribution in [0.25, 0.3) is 0 Å². The number of unbranched alkanes of at least 4 members (excludes halogenated alkanes) is 23. The topological polar surface area (TPSA) is 89.8 Å². The second kappa shape index (κ2) is 37.4. The highest BCUT2D eigenvalue weighted by atomic mass is 16.3. The number of carbonyl (C=O) groups is 1. The van der Waals surface area contributed by atoms with Gasteiger partial charge in [-0.05, 0) is 57.8 Å². The number of amides is 1. The molecule has 4 N–H and O–H groups in total. The summed E-state index contributed by atoms with van der Waals surface area (Å²) in [6, 6.07) is -0.761. The maximum absolute atomic E-state index is 12.4. The van der Waals surface area contributed by atoms with Crippen LogP contribution in [-0.4, -0.2) is 46.1 Å². The molecule has 3 unspecified atom stereocenters. The van der Waals surface area contributed by atoms with E-state index in [-0.39, 0.29) is 18.9 Å². The van der Waals surface area contributed by atoms with Crippen molar-refractivity contribution in [3.8, 4) is 0 Å². The lowest BCUT2D eigenvalue weighted by Crippen LogP contribution is -2.45. The summed E-state index contributed by atoms with van der Waals surface area (Å²) in [4.78, 5) is 12.4. The van der Waals surface area contributed by atoms with E-state index in [4.69, 9.17) is 0 Å². The van der Waals surface area contributed by atoms with E-state index in [0.29, 0.717) is 6.42 Å². The van der Waals surface area contributed by atoms with E-state index in [1.54, 1.807) is 6.08 Å². The molecule has 0 aromatic heterocycles. The second-order valence-electron chi connectivity index (χ2n) is 13.9. The van der Waals surface area contributed by atoms with E-state index in [1.807, 2.05) is 6.08 Å². The van der Waals surface area contributed by atoms with Gasteiger partial charge in [0.05, 0.1) is 31.3 Å². The van der Waals surface area contributed by atoms with Crippen LogP contribution in [0.5, 0.6) is 0 Å². The minimum Gasteiger partial charge on any atom is -0.394 e. The number of allylic oxidation sites excluding steroid dienone is 5. The van der Waals surface area contributed by atoms with Crippen molar-refractivity contribution >= 4 is 5.91 Å². The fraction of sp³-hybridized carbons (Fsp3) is 0.833. The van der Waals surface area contributed by atoms with Gasteiger partial charge in [0.15, 0.2) is 0 Å². The average molecular weight is 662 g/mol. The lowest BCUT2D eigenvalue weighted by atomic mass is 10.0. The molecule has 0 spiro atoms. The van der Waals surface area contributed by atoms with Crippen LogP contribution >= 0.6 is 0 Å². The number of rotatable bonds is 36. The maximum Gasteiger partial charge on any atom is 0.222 e. The lowest BCUT2D eigenvalue weighted by Gasteiger charge is -2.20. The second-order valence-corrected chi connectivity index (χ2v) is 13.9. The van der Waals surface area contributed by atoms with Gasteiger partial charge >= 0.3 is 0 Å². The van der Waals surface area contributed by atoms with Gasteiger partial charge in [-0.2, -0.15) is 0 Å². The molecule has 0 fully saturated rings. The Kier molecular flexibility index (Phi) is 36.3. The van der Waals surface area contributed by atoms with E-state index in [1.165, 1.54) is 128 Å². The summed E-state index contributed by atoms with van der Waals surface area (Å²) in [6.45, 7) is 4.17. The molecular weight excluding hydrogens is 582 g/mol. The third kappa shape index (κ3) is 34.2. The molecule has 0 aliphatic rings. The first-order valence-corrected chi connectivity index (χ1v) is 20.3. The van der Waals surface area contributed by atoms with Gasteiger partial charge in [-0.25, -0.2) is 0 Å². The lowest BCUT2D eigenvalue weighted by molar-refractivity contribution is -0.124. The van der Waals surface area contributed by atoms with Crippen molar-refractivity contribution in [3.05, 3.63) is 36.5 Å². The summed E-state index contributed by atoms with van der Waals surface area (Å²) in [5.41, 5.74) is 0. The zero-order valence-electron chi connectivity index (χ0n) is 31.2. The Labute approximate surface area is 292 Å². The van der Waals surface area contributed by atoms with Crippen LogP contribution in [0, 0.1) is 0 Å². The molecule has 0 rings (SSSR count). The highest BCUT2D eigenvalue weighted by Crippen LogP contribution is 2.14. The monoisotopic (exact) mass is 662 g/mol. The highest BCUT2D eigenvalue weighted by Gasteiger charge is 2.20. The predicted octanol–water partition coefficient (Wildman–Crippen LogP) is 11.2. The molecule has 47 heavy (non-hydrogen) atoms. The van der Waals surface area contributed by atoms with Crippen molar-refractivity contribution in [1.82, 2.24) is 5.32 Å². The van der Waals surface area contributed by atoms with Gasteiger partial charge < -0.3 is 20.6 Å². The molecule has 5 heteroatoms. The minimum absolute atomic E-state index is 0.000251. The Morgan fingerprint density at radius 2 is 0.915 bits per heavy atom. The first-order chi connectivity index (χ1) is 23.0. The third-order valence-corrected chi connectivity index (χ3v) is 9.15. The van der Waals surface area contributed by atoms with E-state index in [2.05, 4.69) is 43.5 Å². The van der Waals surface area contributed by atoms with Gasteiger partial charge in [-0.1, -0.05) is 172 Å². The van der Waals surface area contributed by atoms with Gasteiger partial charge in [-0.3, -0.25) is 4.79 Å². The fourth-order valence-corrected chi connectivity index (χ4v) is 6.00. The Bertz CT molecular complexity index is 734. The van der Waals surface area contributed by atoms with Gasteiger partial charge in [0.2, 0.25) is 5.91 Å². The number of carbonyl (C=O) groups excluding carboxylic acids is 1. The largest absolute Gasteiger partial charge is 0.394 e. The van der Waals surface area contributed by atoms with Gasteiger partial charge in [0.25, 0.3) is 0 Å². The van der Waals surface area contributed by atoms with Gasteiger partial charge in [0, 0.05) is 0 Å². The molecule has 0 radical (unpaired) electrons. The van der Waals surface area contributed by atoms with Crippen LogP contribution in [0.4, 0.5) is 0 Å². The van der Waals surface area contributed by atoms with E-state index < -0.39 is 18.2 Å². The maximum atomic E-state index is 12.4. The molecule has 276 valence electrons. The molecule has 0 heterocycles. The normalized spacial score (nSPS) is 14.1. The predicted molar refractivity (Wildman–Crippen MR) is 204 cm³/mol. The molecule has 3 atom stereocenters. The van der Waals surface area contributed by atoms with E-state index in [0.717, 1.165) is 44.9 Å². The molecule has 0 saturated heterocycles. The number of aliphatic hydroxyl groups is 3. The summed E-state index contributed by atoms with van der Waals surface area (Å²) < 4.78 is 0. The smallest absolute Gasteiger partial charge is 0.222 e. The summed E-state index contributed by atoms with van der Waals surface area (Å²) in [7, 11) is 0. The zero-order valence-corrected chi connectivity index (χ0v) is 31.2. The summed E-state index contributed by atoms with van der Waals surface area (Å²) >= 11 is 0. The van der Waals surface area contributed by atoms with Crippen molar-refractivity contribution in [2.24, 2.45) is 0 Å². The van der Waals surface area contributed by atoms with Crippen molar-refractivity contribution < 1.29 is 20.1 Å². The Hall–Kier alpha value is -1.43. The fourth-order valence-electron chi connectivity index (χ4n) is 6.00. The van der Waals surface area contributed by atoms with E-state index >= 15 is 0 Å². The molecule has 0 bridgehead atoms. The van der Waals surface area contributed by atoms with Crippen LogP contribution in [0.2, 0.25) is 0 Å². The first kappa shape index (κ1) is 45.6. The molecule has 0 aromatic carbocycles. The summed E-state index contributed by atoms with van der Waals surface area (Å²) in [6.07, 6.45) is 45.7. The molecule has 0 aliphatic carbocycles. The third-order valence-electron chi connectivity index (χ3n) is 9.15. The first-order valence-electron chi connectivity index (χ1n) is 20.3. The molecule has 1 amide bonds. The standard InChI is InChI=1S/C42H79NO4/c1-3-5-7-9-11-13-15-17-18-19-20-21-22-23-24-25-27-29-31-33-35-39(45)37-42(47)43-40(38-44)41(46)36-34-32-30-28-26-16-14-12-10-8-6-4-2/h22-23,26,28,34,36,39-41,44-46H,3-21,24-25,27,29-33,35,37-38H2,1-2H3,(H,43,47)/b23-22-,28-26+,36-34+. The number of hydrogen-bond donors (Lipinski definition) is 4. The average Bonchev–Trinajstić information content (AvgIpc) is 3.06. The van der Waals surface area contributed by atoms with Crippen LogP contribution in [0.15, 0.2) is 36.5 Å².